The maximum Gasteiger partial charge on any atom is 0.328 e. The van der Waals surface area contributed by atoms with E-state index in [1.807, 2.05) is 44.3 Å². The Bertz CT molecular complexity index is 877. The number of carbonyl (C=O) groups is 3. The molecule has 0 fully saturated rings. The van der Waals surface area contributed by atoms with Gasteiger partial charge in [-0.3, -0.25) is 9.59 Å². The molecule has 0 aliphatic heterocycles. The molecule has 1 heterocycles. The number of carbonyl (C=O) groups excluding carboxylic acids is 3. The van der Waals surface area contributed by atoms with E-state index in [0.29, 0.717) is 18.9 Å². The van der Waals surface area contributed by atoms with Gasteiger partial charge in [0, 0.05) is 29.9 Å². The van der Waals surface area contributed by atoms with E-state index < -0.39 is 24.0 Å². The van der Waals surface area contributed by atoms with Gasteiger partial charge in [0.2, 0.25) is 5.91 Å². The Balaban J connectivity index is 2.03. The number of para-hydroxylation sites is 1. The van der Waals surface area contributed by atoms with E-state index in [2.05, 4.69) is 10.3 Å². The largest absolute Gasteiger partial charge is 0.465 e. The molecule has 31 heavy (non-hydrogen) atoms. The summed E-state index contributed by atoms with van der Waals surface area (Å²) in [7, 11) is 0. The van der Waals surface area contributed by atoms with Gasteiger partial charge in [0.1, 0.15) is 12.1 Å². The molecular formula is C23H33N3O5. The Hall–Kier alpha value is -2.87. The number of aromatic amines is 1. The molecule has 0 aliphatic carbocycles. The van der Waals surface area contributed by atoms with Gasteiger partial charge in [-0.25, -0.2) is 4.79 Å². The van der Waals surface area contributed by atoms with Crippen molar-refractivity contribution in [2.75, 3.05) is 13.2 Å². The first-order valence-electron chi connectivity index (χ1n) is 10.7. The molecule has 0 saturated heterocycles. The summed E-state index contributed by atoms with van der Waals surface area (Å²) in [5, 5.41) is 3.74. The molecule has 8 nitrogen and oxygen atoms in total. The van der Waals surface area contributed by atoms with Crippen molar-refractivity contribution < 1.29 is 23.9 Å². The first-order valence-corrected chi connectivity index (χ1v) is 10.7. The molecule has 1 aromatic heterocycles. The van der Waals surface area contributed by atoms with Gasteiger partial charge < -0.3 is 25.5 Å². The predicted octanol–water partition coefficient (Wildman–Crippen LogP) is 2.46. The molecule has 0 saturated carbocycles. The number of rotatable bonds is 12. The predicted molar refractivity (Wildman–Crippen MR) is 118 cm³/mol. The molecule has 0 bridgehead atoms. The quantitative estimate of drug-likeness (QED) is 0.444. The molecular weight excluding hydrogens is 398 g/mol. The van der Waals surface area contributed by atoms with Gasteiger partial charge >= 0.3 is 11.9 Å². The fraction of sp³-hybridized carbons (Fsp3) is 0.522. The highest BCUT2D eigenvalue weighted by molar-refractivity contribution is 5.87. The van der Waals surface area contributed by atoms with Crippen molar-refractivity contribution in [2.24, 2.45) is 11.7 Å². The van der Waals surface area contributed by atoms with Gasteiger partial charge in [0.15, 0.2) is 0 Å². The van der Waals surface area contributed by atoms with E-state index >= 15 is 0 Å². The van der Waals surface area contributed by atoms with E-state index in [4.69, 9.17) is 15.2 Å². The summed E-state index contributed by atoms with van der Waals surface area (Å²) in [5.74, 6) is -0.989. The molecule has 2 atom stereocenters. The number of nitrogens with one attached hydrogen (secondary N) is 2. The lowest BCUT2D eigenvalue weighted by Crippen LogP contribution is -2.44. The molecule has 1 aromatic carbocycles. The van der Waals surface area contributed by atoms with Crippen LogP contribution < -0.4 is 11.1 Å². The smallest absolute Gasteiger partial charge is 0.328 e. The summed E-state index contributed by atoms with van der Waals surface area (Å²) in [5.41, 5.74) is 7.62. The number of hydrogen-bond donors (Lipinski definition) is 3. The van der Waals surface area contributed by atoms with Crippen LogP contribution in [0.3, 0.4) is 0 Å². The van der Waals surface area contributed by atoms with Crippen LogP contribution in [-0.4, -0.2) is 48.1 Å². The molecule has 0 spiro atoms. The number of hydrogen-bond acceptors (Lipinski definition) is 6. The van der Waals surface area contributed by atoms with Crippen LogP contribution in [-0.2, 0) is 30.3 Å². The number of nitrogens with two attached hydrogens (primary N) is 1. The molecule has 8 heteroatoms. The highest BCUT2D eigenvalue weighted by atomic mass is 16.5. The number of aromatic nitrogens is 1. The Morgan fingerprint density at radius 1 is 1.10 bits per heavy atom. The standard InChI is InChI=1S/C23H33N3O5/c1-4-30-22(28)18(24)9-10-21(27)26-20(23(29)31-12-11-15(2)3)13-16-14-25-19-8-6-5-7-17(16)19/h5-8,14-15,18,20,25H,4,9-13,24H2,1-3H3,(H,26,27)/t18-,20-/m1/s1. The van der Waals surface area contributed by atoms with Crippen LogP contribution in [0.1, 0.15) is 45.6 Å². The highest BCUT2D eigenvalue weighted by Crippen LogP contribution is 2.19. The minimum absolute atomic E-state index is 0.00361. The zero-order chi connectivity index (χ0) is 22.8. The van der Waals surface area contributed by atoms with Gasteiger partial charge in [-0.2, -0.15) is 0 Å². The summed E-state index contributed by atoms with van der Waals surface area (Å²) in [4.78, 5) is 40.0. The van der Waals surface area contributed by atoms with Gasteiger partial charge in [-0.15, -0.1) is 0 Å². The third-order valence-corrected chi connectivity index (χ3v) is 4.93. The van der Waals surface area contributed by atoms with Crippen LogP contribution >= 0.6 is 0 Å². The van der Waals surface area contributed by atoms with Crippen LogP contribution in [0.5, 0.6) is 0 Å². The fourth-order valence-electron chi connectivity index (χ4n) is 3.13. The molecule has 4 N–H and O–H groups in total. The van der Waals surface area contributed by atoms with Crippen LogP contribution in [0.15, 0.2) is 30.5 Å². The SMILES string of the molecule is CCOC(=O)[C@H](N)CCC(=O)N[C@H](Cc1c[nH]c2ccccc12)C(=O)OCCC(C)C. The molecule has 0 radical (unpaired) electrons. The number of benzene rings is 1. The number of esters is 2. The molecule has 0 aliphatic rings. The third-order valence-electron chi connectivity index (χ3n) is 4.93. The van der Waals surface area contributed by atoms with Crippen LogP contribution in [0.2, 0.25) is 0 Å². The van der Waals surface area contributed by atoms with Crippen molar-refractivity contribution in [1.29, 1.82) is 0 Å². The maximum atomic E-state index is 12.7. The van der Waals surface area contributed by atoms with Crippen molar-refractivity contribution in [2.45, 2.75) is 58.5 Å². The maximum absolute atomic E-state index is 12.7. The van der Waals surface area contributed by atoms with Crippen molar-refractivity contribution >= 4 is 28.7 Å². The fourth-order valence-corrected chi connectivity index (χ4v) is 3.13. The normalized spacial score (nSPS) is 13.1. The second-order valence-corrected chi connectivity index (χ2v) is 7.93. The molecule has 0 unspecified atom stereocenters. The van der Waals surface area contributed by atoms with E-state index in [1.54, 1.807) is 6.92 Å². The lowest BCUT2D eigenvalue weighted by atomic mass is 10.0. The van der Waals surface area contributed by atoms with Crippen LogP contribution in [0.25, 0.3) is 10.9 Å². The van der Waals surface area contributed by atoms with Gasteiger partial charge in [-0.05, 0) is 37.3 Å². The van der Waals surface area contributed by atoms with Crippen molar-refractivity contribution in [1.82, 2.24) is 10.3 Å². The Morgan fingerprint density at radius 2 is 1.84 bits per heavy atom. The third kappa shape index (κ3) is 7.71. The summed E-state index contributed by atoms with van der Waals surface area (Å²) >= 11 is 0. The zero-order valence-corrected chi connectivity index (χ0v) is 18.5. The van der Waals surface area contributed by atoms with E-state index in [9.17, 15) is 14.4 Å². The van der Waals surface area contributed by atoms with Crippen molar-refractivity contribution in [3.63, 3.8) is 0 Å². The summed E-state index contributed by atoms with van der Waals surface area (Å²) in [6.07, 6.45) is 3.01. The Kier molecular flexibility index (Phi) is 9.52. The number of ether oxygens (including phenoxy) is 2. The van der Waals surface area contributed by atoms with Crippen molar-refractivity contribution in [3.05, 3.63) is 36.0 Å². The zero-order valence-electron chi connectivity index (χ0n) is 18.5. The molecule has 2 aromatic rings. The second kappa shape index (κ2) is 12.1. The van der Waals surface area contributed by atoms with Crippen LogP contribution in [0, 0.1) is 5.92 Å². The number of amides is 1. The van der Waals surface area contributed by atoms with Gasteiger partial charge in [-0.1, -0.05) is 32.0 Å². The number of H-pyrrole nitrogens is 1. The van der Waals surface area contributed by atoms with E-state index in [0.717, 1.165) is 22.9 Å². The Labute approximate surface area is 182 Å². The first-order chi connectivity index (χ1) is 14.8. The van der Waals surface area contributed by atoms with Gasteiger partial charge in [0.25, 0.3) is 0 Å². The minimum Gasteiger partial charge on any atom is -0.465 e. The lowest BCUT2D eigenvalue weighted by Gasteiger charge is -2.18. The summed E-state index contributed by atoms with van der Waals surface area (Å²) < 4.78 is 10.3. The van der Waals surface area contributed by atoms with Gasteiger partial charge in [0.05, 0.1) is 13.2 Å². The average Bonchev–Trinajstić information content (AvgIpc) is 3.14. The molecule has 2 rings (SSSR count). The summed E-state index contributed by atoms with van der Waals surface area (Å²) in [6.45, 7) is 6.31. The minimum atomic E-state index is -0.879. The first kappa shape index (κ1) is 24.4. The molecule has 170 valence electrons. The Morgan fingerprint density at radius 3 is 2.55 bits per heavy atom. The monoisotopic (exact) mass is 431 g/mol. The second-order valence-electron chi connectivity index (χ2n) is 7.93. The number of fused-ring (bicyclic) bond motifs is 1. The van der Waals surface area contributed by atoms with Crippen LogP contribution in [0.4, 0.5) is 0 Å². The highest BCUT2D eigenvalue weighted by Gasteiger charge is 2.25. The summed E-state index contributed by atoms with van der Waals surface area (Å²) in [6, 6.07) is 6.04. The molecule has 1 amide bonds. The van der Waals surface area contributed by atoms with E-state index in [-0.39, 0.29) is 25.4 Å². The lowest BCUT2D eigenvalue weighted by molar-refractivity contribution is -0.148. The van der Waals surface area contributed by atoms with Crippen molar-refractivity contribution in [3.8, 4) is 0 Å². The van der Waals surface area contributed by atoms with E-state index in [1.165, 1.54) is 0 Å². The topological polar surface area (TPSA) is 124 Å². The average molecular weight is 432 g/mol.